The molecule has 7 nitrogen and oxygen atoms in total. The summed E-state index contributed by atoms with van der Waals surface area (Å²) in [6, 6.07) is 6.68. The maximum atomic E-state index is 11.6. The Balaban J connectivity index is 2.48. The molecule has 0 aliphatic heterocycles. The summed E-state index contributed by atoms with van der Waals surface area (Å²) in [5.74, 6) is -1.34. The molecule has 0 saturated carbocycles. The van der Waals surface area contributed by atoms with Crippen molar-refractivity contribution in [1.29, 1.82) is 0 Å². The first-order valence-electron chi connectivity index (χ1n) is 6.07. The quantitative estimate of drug-likeness (QED) is 0.560. The Morgan fingerprint density at radius 2 is 1.70 bits per heavy atom. The second-order valence-corrected chi connectivity index (χ2v) is 4.07. The van der Waals surface area contributed by atoms with Crippen molar-refractivity contribution in [3.8, 4) is 0 Å². The number of carboxylic acid groups (broad SMARTS) is 1. The van der Waals surface area contributed by atoms with Crippen molar-refractivity contribution >= 4 is 17.9 Å². The summed E-state index contributed by atoms with van der Waals surface area (Å²) in [4.78, 5) is 33.4. The standard InChI is InChI=1S/C13H17N3O4/c1-9(17)14-7-8-15-13(20)16-11(12(18)19)10-5-3-2-4-6-10/h2-6,11H,7-8H2,1H3,(H,14,17)(H,18,19)(H2,15,16,20)/t11-/m1/s1. The lowest BCUT2D eigenvalue weighted by Crippen LogP contribution is -2.43. The topological polar surface area (TPSA) is 108 Å². The van der Waals surface area contributed by atoms with Gasteiger partial charge in [0.1, 0.15) is 0 Å². The zero-order chi connectivity index (χ0) is 15.0. The number of benzene rings is 1. The van der Waals surface area contributed by atoms with E-state index in [4.69, 9.17) is 5.11 Å². The normalized spacial score (nSPS) is 11.2. The Bertz CT molecular complexity index is 476. The van der Waals surface area contributed by atoms with Crippen molar-refractivity contribution in [1.82, 2.24) is 16.0 Å². The monoisotopic (exact) mass is 279 g/mol. The number of carbonyl (C=O) groups is 3. The van der Waals surface area contributed by atoms with E-state index in [2.05, 4.69) is 16.0 Å². The molecule has 0 radical (unpaired) electrons. The smallest absolute Gasteiger partial charge is 0.330 e. The van der Waals surface area contributed by atoms with Gasteiger partial charge in [-0.3, -0.25) is 4.79 Å². The van der Waals surface area contributed by atoms with E-state index < -0.39 is 18.0 Å². The van der Waals surface area contributed by atoms with Crippen LogP contribution in [0.1, 0.15) is 18.5 Å². The van der Waals surface area contributed by atoms with Crippen molar-refractivity contribution in [3.05, 3.63) is 35.9 Å². The molecule has 0 unspecified atom stereocenters. The van der Waals surface area contributed by atoms with Crippen molar-refractivity contribution in [3.63, 3.8) is 0 Å². The van der Waals surface area contributed by atoms with E-state index in [1.807, 2.05) is 0 Å². The van der Waals surface area contributed by atoms with Gasteiger partial charge in [0, 0.05) is 20.0 Å². The van der Waals surface area contributed by atoms with E-state index in [0.29, 0.717) is 5.56 Å². The maximum Gasteiger partial charge on any atom is 0.330 e. The van der Waals surface area contributed by atoms with E-state index in [1.54, 1.807) is 30.3 Å². The number of amides is 3. The Hall–Kier alpha value is -2.57. The van der Waals surface area contributed by atoms with Gasteiger partial charge in [0.05, 0.1) is 0 Å². The predicted molar refractivity (Wildman–Crippen MR) is 72.0 cm³/mol. The van der Waals surface area contributed by atoms with Crippen LogP contribution in [0.4, 0.5) is 4.79 Å². The van der Waals surface area contributed by atoms with Gasteiger partial charge in [-0.25, -0.2) is 9.59 Å². The van der Waals surface area contributed by atoms with Crippen LogP contribution in [0.15, 0.2) is 30.3 Å². The minimum absolute atomic E-state index is 0.195. The lowest BCUT2D eigenvalue weighted by molar-refractivity contribution is -0.139. The number of carboxylic acids is 1. The molecule has 1 aromatic carbocycles. The van der Waals surface area contributed by atoms with Crippen LogP contribution in [0.2, 0.25) is 0 Å². The van der Waals surface area contributed by atoms with Crippen LogP contribution >= 0.6 is 0 Å². The molecule has 1 atom stereocenters. The number of aliphatic carboxylic acids is 1. The van der Waals surface area contributed by atoms with Crippen LogP contribution in [-0.4, -0.2) is 36.1 Å². The van der Waals surface area contributed by atoms with Gasteiger partial charge in [-0.15, -0.1) is 0 Å². The molecule has 108 valence electrons. The molecular weight excluding hydrogens is 262 g/mol. The second-order valence-electron chi connectivity index (χ2n) is 4.07. The minimum Gasteiger partial charge on any atom is -0.479 e. The number of carbonyl (C=O) groups excluding carboxylic acids is 2. The van der Waals surface area contributed by atoms with E-state index in [0.717, 1.165) is 0 Å². The van der Waals surface area contributed by atoms with E-state index >= 15 is 0 Å². The van der Waals surface area contributed by atoms with Crippen LogP contribution in [-0.2, 0) is 9.59 Å². The maximum absolute atomic E-state index is 11.6. The number of rotatable bonds is 6. The lowest BCUT2D eigenvalue weighted by atomic mass is 10.1. The van der Waals surface area contributed by atoms with Crippen LogP contribution < -0.4 is 16.0 Å². The molecule has 20 heavy (non-hydrogen) atoms. The molecule has 0 aliphatic rings. The van der Waals surface area contributed by atoms with Gasteiger partial charge in [0.15, 0.2) is 6.04 Å². The minimum atomic E-state index is -1.15. The summed E-state index contributed by atoms with van der Waals surface area (Å²) < 4.78 is 0. The fourth-order valence-corrected chi connectivity index (χ4v) is 1.53. The first-order valence-corrected chi connectivity index (χ1v) is 6.07. The highest BCUT2D eigenvalue weighted by molar-refractivity contribution is 5.83. The van der Waals surface area contributed by atoms with E-state index in [1.165, 1.54) is 6.92 Å². The third-order valence-corrected chi connectivity index (χ3v) is 2.44. The molecule has 1 rings (SSSR count). The van der Waals surface area contributed by atoms with Crippen LogP contribution in [0.3, 0.4) is 0 Å². The Labute approximate surface area is 116 Å². The first kappa shape index (κ1) is 15.5. The van der Waals surface area contributed by atoms with Crippen molar-refractivity contribution in [2.24, 2.45) is 0 Å². The molecule has 0 heterocycles. The summed E-state index contributed by atoms with van der Waals surface area (Å²) in [7, 11) is 0. The highest BCUT2D eigenvalue weighted by Crippen LogP contribution is 2.12. The van der Waals surface area contributed by atoms with Gasteiger partial charge in [0.2, 0.25) is 5.91 Å². The zero-order valence-electron chi connectivity index (χ0n) is 11.1. The van der Waals surface area contributed by atoms with Gasteiger partial charge in [-0.05, 0) is 5.56 Å². The average Bonchev–Trinajstić information content (AvgIpc) is 2.41. The Morgan fingerprint density at radius 1 is 1.10 bits per heavy atom. The highest BCUT2D eigenvalue weighted by Gasteiger charge is 2.21. The molecular formula is C13H17N3O4. The van der Waals surface area contributed by atoms with Gasteiger partial charge in [-0.1, -0.05) is 30.3 Å². The molecule has 0 aliphatic carbocycles. The molecule has 0 fully saturated rings. The fourth-order valence-electron chi connectivity index (χ4n) is 1.53. The van der Waals surface area contributed by atoms with Gasteiger partial charge < -0.3 is 21.1 Å². The van der Waals surface area contributed by atoms with Gasteiger partial charge >= 0.3 is 12.0 Å². The Morgan fingerprint density at radius 3 is 2.25 bits per heavy atom. The largest absolute Gasteiger partial charge is 0.479 e. The average molecular weight is 279 g/mol. The SMILES string of the molecule is CC(=O)NCCNC(=O)N[C@@H](C(=O)O)c1ccccc1. The molecule has 4 N–H and O–H groups in total. The number of nitrogens with one attached hydrogen (secondary N) is 3. The number of hydrogen-bond donors (Lipinski definition) is 4. The van der Waals surface area contributed by atoms with Crippen molar-refractivity contribution in [2.75, 3.05) is 13.1 Å². The predicted octanol–water partition coefficient (Wildman–Crippen LogP) is 0.248. The summed E-state index contributed by atoms with van der Waals surface area (Å²) in [6.07, 6.45) is 0. The number of hydrogen-bond acceptors (Lipinski definition) is 3. The summed E-state index contributed by atoms with van der Waals surface area (Å²) in [5, 5.41) is 16.5. The fraction of sp³-hybridized carbons (Fsp3) is 0.308. The molecule has 7 heteroatoms. The van der Waals surface area contributed by atoms with Crippen LogP contribution in [0.5, 0.6) is 0 Å². The molecule has 0 saturated heterocycles. The molecule has 0 aromatic heterocycles. The van der Waals surface area contributed by atoms with Crippen LogP contribution in [0, 0.1) is 0 Å². The van der Waals surface area contributed by atoms with Crippen molar-refractivity contribution < 1.29 is 19.5 Å². The van der Waals surface area contributed by atoms with E-state index in [9.17, 15) is 14.4 Å². The number of urea groups is 1. The summed E-state index contributed by atoms with van der Waals surface area (Å²) in [6.45, 7) is 1.87. The third kappa shape index (κ3) is 5.38. The summed E-state index contributed by atoms with van der Waals surface area (Å²) in [5.41, 5.74) is 0.483. The second kappa shape index (κ2) is 7.78. The van der Waals surface area contributed by atoms with Crippen molar-refractivity contribution in [2.45, 2.75) is 13.0 Å². The van der Waals surface area contributed by atoms with Gasteiger partial charge in [-0.2, -0.15) is 0 Å². The molecule has 0 bridgehead atoms. The van der Waals surface area contributed by atoms with Gasteiger partial charge in [0.25, 0.3) is 0 Å². The lowest BCUT2D eigenvalue weighted by Gasteiger charge is -2.15. The Kier molecular flexibility index (Phi) is 6.02. The highest BCUT2D eigenvalue weighted by atomic mass is 16.4. The zero-order valence-corrected chi connectivity index (χ0v) is 11.1. The van der Waals surface area contributed by atoms with Crippen LogP contribution in [0.25, 0.3) is 0 Å². The first-order chi connectivity index (χ1) is 9.50. The molecule has 3 amide bonds. The van der Waals surface area contributed by atoms with E-state index in [-0.39, 0.29) is 19.0 Å². The molecule has 0 spiro atoms. The summed E-state index contributed by atoms with van der Waals surface area (Å²) >= 11 is 0. The molecule has 1 aromatic rings. The third-order valence-electron chi connectivity index (χ3n) is 2.44.